The van der Waals surface area contributed by atoms with Gasteiger partial charge in [-0.15, -0.1) is 0 Å². The summed E-state index contributed by atoms with van der Waals surface area (Å²) in [6.07, 6.45) is 2.19. The minimum absolute atomic E-state index is 0.0328. The van der Waals surface area contributed by atoms with E-state index >= 15 is 0 Å². The molecule has 0 atom stereocenters. The molecule has 132 valence electrons. The van der Waals surface area contributed by atoms with Crippen molar-refractivity contribution in [2.75, 3.05) is 18.4 Å². The molecule has 0 saturated carbocycles. The van der Waals surface area contributed by atoms with Crippen LogP contribution >= 0.6 is 0 Å². The molecule has 0 aliphatic heterocycles. The Morgan fingerprint density at radius 2 is 1.75 bits per heavy atom. The molecule has 2 N–H and O–H groups in total. The normalized spacial score (nSPS) is 10.2. The van der Waals surface area contributed by atoms with Crippen molar-refractivity contribution in [1.82, 2.24) is 4.90 Å². The molecule has 6 heteroatoms. The number of aliphatic carboxylic acids is 1. The third kappa shape index (κ3) is 6.81. The Morgan fingerprint density at radius 3 is 2.33 bits per heavy atom. The van der Waals surface area contributed by atoms with E-state index in [0.29, 0.717) is 30.8 Å². The molecule has 0 saturated heterocycles. The van der Waals surface area contributed by atoms with Gasteiger partial charge >= 0.3 is 5.97 Å². The summed E-state index contributed by atoms with van der Waals surface area (Å²) in [6, 6.07) is 6.85. The summed E-state index contributed by atoms with van der Waals surface area (Å²) in [7, 11) is 0. The van der Waals surface area contributed by atoms with Crippen LogP contribution in [0.2, 0.25) is 0 Å². The van der Waals surface area contributed by atoms with Crippen LogP contribution in [0.15, 0.2) is 24.3 Å². The molecular weight excluding hydrogens is 308 g/mol. The zero-order valence-electron chi connectivity index (χ0n) is 14.4. The van der Waals surface area contributed by atoms with E-state index in [4.69, 9.17) is 5.11 Å². The standard InChI is InChI=1S/C18H26N2O4/c1-3-11-20(12-4-2)18(24)14-7-5-8-15(13-14)19-16(21)9-6-10-17(22)23/h5,7-8,13H,3-4,6,9-12H2,1-2H3,(H,19,21)(H,22,23). The summed E-state index contributed by atoms with van der Waals surface area (Å²) in [5.41, 5.74) is 1.09. The number of carbonyl (C=O) groups is 3. The highest BCUT2D eigenvalue weighted by Crippen LogP contribution is 2.14. The fraction of sp³-hybridized carbons (Fsp3) is 0.500. The van der Waals surface area contributed by atoms with Crippen LogP contribution in [0.4, 0.5) is 5.69 Å². The molecule has 0 radical (unpaired) electrons. The number of nitrogens with one attached hydrogen (secondary N) is 1. The van der Waals surface area contributed by atoms with Gasteiger partial charge in [-0.25, -0.2) is 0 Å². The first-order valence-electron chi connectivity index (χ1n) is 8.38. The third-order valence-corrected chi connectivity index (χ3v) is 3.46. The molecule has 0 spiro atoms. The Morgan fingerprint density at radius 1 is 1.08 bits per heavy atom. The summed E-state index contributed by atoms with van der Waals surface area (Å²) in [5, 5.41) is 11.3. The predicted octanol–water partition coefficient (Wildman–Crippen LogP) is 3.14. The van der Waals surface area contributed by atoms with E-state index in [9.17, 15) is 14.4 Å². The van der Waals surface area contributed by atoms with Crippen molar-refractivity contribution in [2.45, 2.75) is 46.0 Å². The van der Waals surface area contributed by atoms with Crippen molar-refractivity contribution >= 4 is 23.5 Å². The number of amides is 2. The van der Waals surface area contributed by atoms with Gasteiger partial charge in [-0.1, -0.05) is 19.9 Å². The number of anilines is 1. The van der Waals surface area contributed by atoms with Crippen molar-refractivity contribution in [2.24, 2.45) is 0 Å². The highest BCUT2D eigenvalue weighted by molar-refractivity contribution is 5.97. The van der Waals surface area contributed by atoms with Crippen molar-refractivity contribution in [3.8, 4) is 0 Å². The van der Waals surface area contributed by atoms with Gasteiger partial charge in [0.05, 0.1) is 0 Å². The summed E-state index contributed by atoms with van der Waals surface area (Å²) < 4.78 is 0. The molecule has 0 heterocycles. The van der Waals surface area contributed by atoms with Gasteiger partial charge < -0.3 is 15.3 Å². The SMILES string of the molecule is CCCN(CCC)C(=O)c1cccc(NC(=O)CCCC(=O)O)c1. The average molecular weight is 334 g/mol. The van der Waals surface area contributed by atoms with Gasteiger partial charge in [-0.05, 0) is 37.5 Å². The van der Waals surface area contributed by atoms with Crippen LogP contribution in [-0.2, 0) is 9.59 Å². The van der Waals surface area contributed by atoms with Crippen molar-refractivity contribution in [1.29, 1.82) is 0 Å². The fourth-order valence-corrected chi connectivity index (χ4v) is 2.39. The molecule has 0 aromatic heterocycles. The second-order valence-electron chi connectivity index (χ2n) is 5.67. The molecule has 6 nitrogen and oxygen atoms in total. The van der Waals surface area contributed by atoms with Crippen LogP contribution in [0.5, 0.6) is 0 Å². The second-order valence-corrected chi connectivity index (χ2v) is 5.67. The minimum Gasteiger partial charge on any atom is -0.481 e. The largest absolute Gasteiger partial charge is 0.481 e. The van der Waals surface area contributed by atoms with Gasteiger partial charge in [0.15, 0.2) is 0 Å². The zero-order chi connectivity index (χ0) is 17.9. The van der Waals surface area contributed by atoms with Gasteiger partial charge in [0.25, 0.3) is 5.91 Å². The van der Waals surface area contributed by atoms with E-state index in [1.807, 2.05) is 18.7 Å². The summed E-state index contributed by atoms with van der Waals surface area (Å²) in [4.78, 5) is 36.6. The number of carboxylic acid groups (broad SMARTS) is 1. The molecule has 1 aromatic carbocycles. The maximum Gasteiger partial charge on any atom is 0.303 e. The lowest BCUT2D eigenvalue weighted by molar-refractivity contribution is -0.137. The summed E-state index contributed by atoms with van der Waals surface area (Å²) in [6.45, 7) is 5.48. The van der Waals surface area contributed by atoms with Crippen LogP contribution < -0.4 is 5.32 Å². The third-order valence-electron chi connectivity index (χ3n) is 3.46. The topological polar surface area (TPSA) is 86.7 Å². The number of nitrogens with zero attached hydrogens (tertiary/aromatic N) is 1. The highest BCUT2D eigenvalue weighted by Gasteiger charge is 2.15. The molecule has 2 amide bonds. The van der Waals surface area contributed by atoms with Crippen molar-refractivity contribution < 1.29 is 19.5 Å². The number of carboxylic acids is 1. The Labute approximate surface area is 142 Å². The van der Waals surface area contributed by atoms with Crippen LogP contribution in [0.25, 0.3) is 0 Å². The van der Waals surface area contributed by atoms with Crippen molar-refractivity contribution in [3.05, 3.63) is 29.8 Å². The number of hydrogen-bond donors (Lipinski definition) is 2. The molecule has 0 unspecified atom stereocenters. The van der Waals surface area contributed by atoms with E-state index in [2.05, 4.69) is 5.32 Å². The summed E-state index contributed by atoms with van der Waals surface area (Å²) >= 11 is 0. The first-order chi connectivity index (χ1) is 11.5. The Kier molecular flexibility index (Phi) is 8.54. The molecule has 24 heavy (non-hydrogen) atoms. The smallest absolute Gasteiger partial charge is 0.303 e. The number of carbonyl (C=O) groups excluding carboxylic acids is 2. The first kappa shape index (κ1) is 19.7. The maximum absolute atomic E-state index is 12.6. The van der Waals surface area contributed by atoms with E-state index < -0.39 is 5.97 Å². The van der Waals surface area contributed by atoms with E-state index in [1.165, 1.54) is 0 Å². The van der Waals surface area contributed by atoms with Gasteiger partial charge in [-0.3, -0.25) is 14.4 Å². The fourth-order valence-electron chi connectivity index (χ4n) is 2.39. The summed E-state index contributed by atoms with van der Waals surface area (Å²) in [5.74, 6) is -1.21. The van der Waals surface area contributed by atoms with Crippen LogP contribution in [0.3, 0.4) is 0 Å². The van der Waals surface area contributed by atoms with Crippen molar-refractivity contribution in [3.63, 3.8) is 0 Å². The first-order valence-corrected chi connectivity index (χ1v) is 8.38. The van der Waals surface area contributed by atoms with Gasteiger partial charge in [0.1, 0.15) is 0 Å². The van der Waals surface area contributed by atoms with E-state index in [-0.39, 0.29) is 24.7 Å². The van der Waals surface area contributed by atoms with Crippen LogP contribution in [-0.4, -0.2) is 40.9 Å². The minimum atomic E-state index is -0.915. The number of rotatable bonds is 10. The van der Waals surface area contributed by atoms with Gasteiger partial charge in [0, 0.05) is 37.2 Å². The Bertz CT molecular complexity index is 566. The van der Waals surface area contributed by atoms with Gasteiger partial charge in [0.2, 0.25) is 5.91 Å². The zero-order valence-corrected chi connectivity index (χ0v) is 14.4. The van der Waals surface area contributed by atoms with Gasteiger partial charge in [-0.2, -0.15) is 0 Å². The molecule has 0 aliphatic carbocycles. The molecule has 0 aliphatic rings. The van der Waals surface area contributed by atoms with E-state index in [1.54, 1.807) is 24.3 Å². The molecule has 0 bridgehead atoms. The lowest BCUT2D eigenvalue weighted by atomic mass is 10.1. The predicted molar refractivity (Wildman–Crippen MR) is 93.0 cm³/mol. The lowest BCUT2D eigenvalue weighted by Crippen LogP contribution is -2.32. The Hall–Kier alpha value is -2.37. The average Bonchev–Trinajstić information content (AvgIpc) is 2.54. The molecule has 1 aromatic rings. The molecule has 1 rings (SSSR count). The second kappa shape index (κ2) is 10.4. The van der Waals surface area contributed by atoms with Crippen LogP contribution in [0, 0.1) is 0 Å². The number of hydrogen-bond acceptors (Lipinski definition) is 3. The van der Waals surface area contributed by atoms with E-state index in [0.717, 1.165) is 12.8 Å². The van der Waals surface area contributed by atoms with Crippen LogP contribution in [0.1, 0.15) is 56.3 Å². The maximum atomic E-state index is 12.6. The molecular formula is C18H26N2O4. The monoisotopic (exact) mass is 334 g/mol. The quantitative estimate of drug-likeness (QED) is 0.688. The number of benzene rings is 1. The lowest BCUT2D eigenvalue weighted by Gasteiger charge is -2.21. The molecule has 0 fully saturated rings. The Balaban J connectivity index is 2.69. The highest BCUT2D eigenvalue weighted by atomic mass is 16.4.